The summed E-state index contributed by atoms with van der Waals surface area (Å²) in [5, 5.41) is 7.21. The fourth-order valence-corrected chi connectivity index (χ4v) is 2.15. The lowest BCUT2D eigenvalue weighted by Gasteiger charge is -2.04. The summed E-state index contributed by atoms with van der Waals surface area (Å²) in [6, 6.07) is 3.76. The van der Waals surface area contributed by atoms with E-state index in [9.17, 15) is 0 Å². The van der Waals surface area contributed by atoms with Crippen LogP contribution in [0.3, 0.4) is 0 Å². The van der Waals surface area contributed by atoms with Crippen molar-refractivity contribution in [2.45, 2.75) is 25.2 Å². The van der Waals surface area contributed by atoms with E-state index < -0.39 is 0 Å². The van der Waals surface area contributed by atoms with Gasteiger partial charge in [-0.2, -0.15) is 0 Å². The third kappa shape index (κ3) is 4.34. The lowest BCUT2D eigenvalue weighted by molar-refractivity contribution is 0.632. The Balaban J connectivity index is 2.46. The van der Waals surface area contributed by atoms with E-state index in [-0.39, 0.29) is 5.84 Å². The number of amidine groups is 1. The number of aromatic nitrogens is 1. The standard InChI is InChI=1S/C11H17N3S/c1-8(2)5-6-15-9-3-4-10(11(12)13)14-7-9/h3-4,7-8H,5-6H2,1-2H3,(H3,12,13). The molecule has 0 bridgehead atoms. The van der Waals surface area contributed by atoms with Crippen LogP contribution in [0.15, 0.2) is 23.2 Å². The zero-order chi connectivity index (χ0) is 11.3. The summed E-state index contributed by atoms with van der Waals surface area (Å²) >= 11 is 1.80. The predicted octanol–water partition coefficient (Wildman–Crippen LogP) is 2.50. The van der Waals surface area contributed by atoms with E-state index in [2.05, 4.69) is 18.8 Å². The van der Waals surface area contributed by atoms with Gasteiger partial charge < -0.3 is 5.73 Å². The second kappa shape index (κ2) is 5.75. The molecular weight excluding hydrogens is 206 g/mol. The summed E-state index contributed by atoms with van der Waals surface area (Å²) in [7, 11) is 0. The van der Waals surface area contributed by atoms with E-state index in [1.54, 1.807) is 24.0 Å². The number of hydrogen-bond donors (Lipinski definition) is 2. The van der Waals surface area contributed by atoms with Crippen molar-refractivity contribution in [3.63, 3.8) is 0 Å². The van der Waals surface area contributed by atoms with Crippen molar-refractivity contribution in [3.8, 4) is 0 Å². The fourth-order valence-electron chi connectivity index (χ4n) is 1.04. The van der Waals surface area contributed by atoms with Crippen LogP contribution in [0, 0.1) is 11.3 Å². The number of rotatable bonds is 5. The maximum Gasteiger partial charge on any atom is 0.141 e. The second-order valence-electron chi connectivity index (χ2n) is 3.82. The van der Waals surface area contributed by atoms with Gasteiger partial charge in [0.2, 0.25) is 0 Å². The van der Waals surface area contributed by atoms with Gasteiger partial charge in [-0.1, -0.05) is 13.8 Å². The van der Waals surface area contributed by atoms with Gasteiger partial charge in [0.05, 0.1) is 0 Å². The Morgan fingerprint density at radius 3 is 2.73 bits per heavy atom. The average Bonchev–Trinajstić information content (AvgIpc) is 2.18. The molecule has 15 heavy (non-hydrogen) atoms. The summed E-state index contributed by atoms with van der Waals surface area (Å²) in [5.41, 5.74) is 5.86. The van der Waals surface area contributed by atoms with Gasteiger partial charge in [-0.25, -0.2) is 0 Å². The number of nitrogens with one attached hydrogen (secondary N) is 1. The molecule has 0 aliphatic heterocycles. The zero-order valence-corrected chi connectivity index (χ0v) is 9.97. The second-order valence-corrected chi connectivity index (χ2v) is 4.99. The minimum atomic E-state index is 0.0220. The molecule has 1 rings (SSSR count). The van der Waals surface area contributed by atoms with E-state index >= 15 is 0 Å². The molecule has 0 atom stereocenters. The third-order valence-corrected chi connectivity index (χ3v) is 2.99. The van der Waals surface area contributed by atoms with Crippen molar-refractivity contribution in [3.05, 3.63) is 24.0 Å². The highest BCUT2D eigenvalue weighted by Crippen LogP contribution is 2.19. The van der Waals surface area contributed by atoms with Crippen LogP contribution in [0.4, 0.5) is 0 Å². The van der Waals surface area contributed by atoms with Crippen molar-refractivity contribution in [1.82, 2.24) is 4.98 Å². The SMILES string of the molecule is CC(C)CCSc1ccc(C(=N)N)nc1. The van der Waals surface area contributed by atoms with E-state index in [1.807, 2.05) is 6.07 Å². The summed E-state index contributed by atoms with van der Waals surface area (Å²) < 4.78 is 0. The number of nitrogen functional groups attached to an aromatic ring is 1. The summed E-state index contributed by atoms with van der Waals surface area (Å²) in [5.74, 6) is 1.87. The van der Waals surface area contributed by atoms with E-state index in [1.165, 1.54) is 6.42 Å². The minimum absolute atomic E-state index is 0.0220. The topological polar surface area (TPSA) is 62.8 Å². The third-order valence-electron chi connectivity index (χ3n) is 1.98. The number of nitrogens with two attached hydrogens (primary N) is 1. The van der Waals surface area contributed by atoms with Crippen LogP contribution >= 0.6 is 11.8 Å². The minimum Gasteiger partial charge on any atom is -0.382 e. The van der Waals surface area contributed by atoms with E-state index in [0.29, 0.717) is 5.69 Å². The predicted molar refractivity (Wildman–Crippen MR) is 65.4 cm³/mol. The molecule has 82 valence electrons. The molecule has 0 aliphatic carbocycles. The highest BCUT2D eigenvalue weighted by molar-refractivity contribution is 7.99. The Morgan fingerprint density at radius 1 is 1.53 bits per heavy atom. The molecule has 1 heterocycles. The highest BCUT2D eigenvalue weighted by Gasteiger charge is 2.00. The Labute approximate surface area is 95.0 Å². The van der Waals surface area contributed by atoms with Crippen LogP contribution in [0.2, 0.25) is 0 Å². The molecule has 0 fully saturated rings. The lowest BCUT2D eigenvalue weighted by Crippen LogP contribution is -2.12. The normalized spacial score (nSPS) is 10.6. The maximum absolute atomic E-state index is 7.21. The van der Waals surface area contributed by atoms with Crippen LogP contribution in [-0.2, 0) is 0 Å². The van der Waals surface area contributed by atoms with Gasteiger partial charge >= 0.3 is 0 Å². The number of thioether (sulfide) groups is 1. The number of nitrogens with zero attached hydrogens (tertiary/aromatic N) is 1. The smallest absolute Gasteiger partial charge is 0.141 e. The first-order valence-electron chi connectivity index (χ1n) is 5.03. The van der Waals surface area contributed by atoms with Gasteiger partial charge in [0.1, 0.15) is 11.5 Å². The van der Waals surface area contributed by atoms with Gasteiger partial charge in [0.15, 0.2) is 0 Å². The summed E-state index contributed by atoms with van der Waals surface area (Å²) in [4.78, 5) is 5.25. The lowest BCUT2D eigenvalue weighted by atomic mass is 10.2. The van der Waals surface area contributed by atoms with Crippen molar-refractivity contribution in [2.75, 3.05) is 5.75 Å². The van der Waals surface area contributed by atoms with Crippen LogP contribution in [-0.4, -0.2) is 16.6 Å². The molecule has 0 unspecified atom stereocenters. The molecule has 0 amide bonds. The molecule has 0 radical (unpaired) electrons. The highest BCUT2D eigenvalue weighted by atomic mass is 32.2. The average molecular weight is 223 g/mol. The monoisotopic (exact) mass is 223 g/mol. The zero-order valence-electron chi connectivity index (χ0n) is 9.16. The van der Waals surface area contributed by atoms with Crippen LogP contribution in [0.5, 0.6) is 0 Å². The first kappa shape index (κ1) is 12.0. The maximum atomic E-state index is 7.21. The Morgan fingerprint density at radius 2 is 2.27 bits per heavy atom. The van der Waals surface area contributed by atoms with Crippen molar-refractivity contribution in [2.24, 2.45) is 11.7 Å². The van der Waals surface area contributed by atoms with Gasteiger partial charge in [-0.15, -0.1) is 11.8 Å². The molecule has 3 nitrogen and oxygen atoms in total. The van der Waals surface area contributed by atoms with Crippen molar-refractivity contribution in [1.29, 1.82) is 5.41 Å². The van der Waals surface area contributed by atoms with Gasteiger partial charge in [-0.3, -0.25) is 10.4 Å². The fraction of sp³-hybridized carbons (Fsp3) is 0.455. The molecule has 1 aromatic heterocycles. The van der Waals surface area contributed by atoms with Crippen LogP contribution in [0.1, 0.15) is 26.0 Å². The first-order valence-corrected chi connectivity index (χ1v) is 6.01. The van der Waals surface area contributed by atoms with E-state index in [0.717, 1.165) is 16.6 Å². The van der Waals surface area contributed by atoms with Gasteiger partial charge in [-0.05, 0) is 30.2 Å². The van der Waals surface area contributed by atoms with Gasteiger partial charge in [0.25, 0.3) is 0 Å². The largest absolute Gasteiger partial charge is 0.382 e. The quantitative estimate of drug-likeness (QED) is 0.458. The molecule has 0 saturated carbocycles. The van der Waals surface area contributed by atoms with Crippen LogP contribution in [0.25, 0.3) is 0 Å². The first-order chi connectivity index (χ1) is 7.09. The molecule has 3 N–H and O–H groups in total. The number of pyridine rings is 1. The molecule has 4 heteroatoms. The molecule has 1 aromatic rings. The molecule has 0 aliphatic rings. The van der Waals surface area contributed by atoms with Gasteiger partial charge in [0, 0.05) is 11.1 Å². The summed E-state index contributed by atoms with van der Waals surface area (Å²) in [6.45, 7) is 4.44. The van der Waals surface area contributed by atoms with Crippen molar-refractivity contribution < 1.29 is 0 Å². The summed E-state index contributed by atoms with van der Waals surface area (Å²) in [6.07, 6.45) is 2.99. The Kier molecular flexibility index (Phi) is 4.62. The molecule has 0 spiro atoms. The van der Waals surface area contributed by atoms with Crippen LogP contribution < -0.4 is 5.73 Å². The molecule has 0 aromatic carbocycles. The number of hydrogen-bond acceptors (Lipinski definition) is 3. The Hall–Kier alpha value is -1.03. The van der Waals surface area contributed by atoms with E-state index in [4.69, 9.17) is 11.1 Å². The molecule has 0 saturated heterocycles. The Bertz CT molecular complexity index is 319. The molecular formula is C11H17N3S. The van der Waals surface area contributed by atoms with Crippen molar-refractivity contribution >= 4 is 17.6 Å².